The number of anilines is 1. The smallest absolute Gasteiger partial charge is 0.148 e. The minimum Gasteiger partial charge on any atom is -0.326 e. The van der Waals surface area contributed by atoms with Crippen molar-refractivity contribution in [2.75, 3.05) is 18.1 Å². The highest BCUT2D eigenvalue weighted by Gasteiger charge is 2.14. The lowest BCUT2D eigenvalue weighted by Gasteiger charge is -2.26. The molecule has 1 aliphatic rings. The van der Waals surface area contributed by atoms with Crippen LogP contribution in [0, 0.1) is 5.82 Å². The van der Waals surface area contributed by atoms with Crippen molar-refractivity contribution in [1.29, 1.82) is 0 Å². The first kappa shape index (κ1) is 11.6. The van der Waals surface area contributed by atoms with E-state index in [4.69, 9.17) is 5.73 Å². The third-order valence-electron chi connectivity index (χ3n) is 2.37. The fourth-order valence-corrected chi connectivity index (χ4v) is 1.82. The van der Waals surface area contributed by atoms with Crippen LogP contribution in [0.5, 0.6) is 0 Å². The zero-order chi connectivity index (χ0) is 11.5. The van der Waals surface area contributed by atoms with Gasteiger partial charge in [0.2, 0.25) is 0 Å². The van der Waals surface area contributed by atoms with Crippen LogP contribution in [-0.4, -0.2) is 22.5 Å². The first-order valence-corrected chi connectivity index (χ1v) is 5.90. The third-order valence-corrected chi connectivity index (χ3v) is 3.10. The Kier molecular flexibility index (Phi) is 3.59. The molecule has 1 aliphatic heterocycles. The van der Waals surface area contributed by atoms with E-state index in [0.717, 1.165) is 12.1 Å². The quantitative estimate of drug-likeness (QED) is 0.661. The van der Waals surface area contributed by atoms with Crippen LogP contribution in [0.15, 0.2) is 23.3 Å². The van der Waals surface area contributed by atoms with Crippen molar-refractivity contribution in [3.05, 3.63) is 29.6 Å². The van der Waals surface area contributed by atoms with Gasteiger partial charge in [-0.3, -0.25) is 5.01 Å². The molecule has 0 bridgehead atoms. The van der Waals surface area contributed by atoms with E-state index in [1.807, 2.05) is 9.18 Å². The Bertz CT molecular complexity index is 410. The van der Waals surface area contributed by atoms with Crippen LogP contribution in [0.2, 0.25) is 0 Å². The number of nitrogens with two attached hydrogens (primary N) is 1. The van der Waals surface area contributed by atoms with Gasteiger partial charge in [-0.2, -0.15) is 5.10 Å². The Morgan fingerprint density at radius 1 is 1.44 bits per heavy atom. The molecule has 0 fully saturated rings. The second kappa shape index (κ2) is 4.96. The van der Waals surface area contributed by atoms with Gasteiger partial charge in [-0.15, -0.1) is 0 Å². The van der Waals surface area contributed by atoms with Crippen LogP contribution in [0.25, 0.3) is 0 Å². The number of hydrogen-bond donors (Lipinski definition) is 1. The fourth-order valence-electron chi connectivity index (χ4n) is 1.49. The van der Waals surface area contributed by atoms with Gasteiger partial charge in [0.1, 0.15) is 12.2 Å². The van der Waals surface area contributed by atoms with Gasteiger partial charge in [-0.25, -0.2) is 4.39 Å². The molecule has 0 aliphatic carbocycles. The van der Waals surface area contributed by atoms with E-state index in [2.05, 4.69) is 28.0 Å². The summed E-state index contributed by atoms with van der Waals surface area (Å²) in [6.45, 7) is 1.85. The van der Waals surface area contributed by atoms with Crippen molar-refractivity contribution in [3.8, 4) is 0 Å². The Hall–Kier alpha value is -0.890. The molecule has 2 N–H and O–H groups in total. The van der Waals surface area contributed by atoms with Crippen molar-refractivity contribution in [1.82, 2.24) is 3.11 Å². The highest BCUT2D eigenvalue weighted by molar-refractivity contribution is 14.1. The maximum atomic E-state index is 13.7. The normalized spacial score (nSPS) is 15.7. The molecule has 0 spiro atoms. The van der Waals surface area contributed by atoms with Gasteiger partial charge in [0.05, 0.1) is 35.1 Å². The third kappa shape index (κ3) is 2.43. The van der Waals surface area contributed by atoms with Crippen LogP contribution in [0.4, 0.5) is 10.1 Å². The molecule has 0 saturated heterocycles. The SMILES string of the molecule is NCc1ccc(N2CCN(I)C=N2)c(F)c1. The molecule has 0 amide bonds. The minimum absolute atomic E-state index is 0.276. The number of halogens is 2. The summed E-state index contributed by atoms with van der Waals surface area (Å²) in [5.41, 5.74) is 6.74. The molecular formula is C10H12FIN4. The Morgan fingerprint density at radius 2 is 2.25 bits per heavy atom. The summed E-state index contributed by atoms with van der Waals surface area (Å²) in [7, 11) is 0. The number of hydrazone groups is 1. The van der Waals surface area contributed by atoms with Gasteiger partial charge in [0, 0.05) is 13.1 Å². The van der Waals surface area contributed by atoms with Gasteiger partial charge in [-0.05, 0) is 17.7 Å². The molecule has 0 aromatic heterocycles. The molecule has 86 valence electrons. The largest absolute Gasteiger partial charge is 0.326 e. The van der Waals surface area contributed by atoms with Crippen molar-refractivity contribution in [2.24, 2.45) is 10.8 Å². The van der Waals surface area contributed by atoms with E-state index >= 15 is 0 Å². The number of benzene rings is 1. The van der Waals surface area contributed by atoms with Crippen LogP contribution >= 0.6 is 22.9 Å². The van der Waals surface area contributed by atoms with E-state index in [9.17, 15) is 4.39 Å². The Labute approximate surface area is 107 Å². The van der Waals surface area contributed by atoms with E-state index in [1.54, 1.807) is 17.4 Å². The standard InChI is InChI=1S/C10H12FIN4/c11-9-5-8(6-13)1-2-10(9)16-4-3-15(12)7-14-16/h1-2,5,7H,3-4,6,13H2. The average Bonchev–Trinajstić information content (AvgIpc) is 2.30. The lowest BCUT2D eigenvalue weighted by molar-refractivity contribution is 0.599. The summed E-state index contributed by atoms with van der Waals surface area (Å²) in [5.74, 6) is -0.276. The summed E-state index contributed by atoms with van der Waals surface area (Å²) in [6, 6.07) is 5.00. The van der Waals surface area contributed by atoms with Gasteiger partial charge in [0.15, 0.2) is 0 Å². The van der Waals surface area contributed by atoms with Gasteiger partial charge in [-0.1, -0.05) is 6.07 Å². The maximum Gasteiger partial charge on any atom is 0.148 e. The van der Waals surface area contributed by atoms with Crippen LogP contribution in [0.1, 0.15) is 5.56 Å². The van der Waals surface area contributed by atoms with Crippen LogP contribution < -0.4 is 10.7 Å². The summed E-state index contributed by atoms with van der Waals surface area (Å²) in [4.78, 5) is 0. The zero-order valence-corrected chi connectivity index (χ0v) is 10.8. The first-order chi connectivity index (χ1) is 7.70. The van der Waals surface area contributed by atoms with Crippen molar-refractivity contribution in [2.45, 2.75) is 6.54 Å². The lowest BCUT2D eigenvalue weighted by Crippen LogP contribution is -2.33. The van der Waals surface area contributed by atoms with Crippen LogP contribution in [0.3, 0.4) is 0 Å². The summed E-state index contributed by atoms with van der Waals surface area (Å²) < 4.78 is 15.7. The average molecular weight is 334 g/mol. The van der Waals surface area contributed by atoms with Crippen molar-refractivity contribution in [3.63, 3.8) is 0 Å². The Balaban J connectivity index is 2.24. The molecule has 2 rings (SSSR count). The fraction of sp³-hybridized carbons (Fsp3) is 0.300. The highest BCUT2D eigenvalue weighted by atomic mass is 127. The van der Waals surface area contributed by atoms with Gasteiger partial charge >= 0.3 is 0 Å². The van der Waals surface area contributed by atoms with E-state index in [1.165, 1.54) is 6.07 Å². The number of rotatable bonds is 2. The monoisotopic (exact) mass is 334 g/mol. The second-order valence-corrected chi connectivity index (χ2v) is 4.71. The highest BCUT2D eigenvalue weighted by Crippen LogP contribution is 2.22. The van der Waals surface area contributed by atoms with Crippen molar-refractivity contribution < 1.29 is 4.39 Å². The molecule has 0 radical (unpaired) electrons. The van der Waals surface area contributed by atoms with Gasteiger partial charge < -0.3 is 8.85 Å². The Morgan fingerprint density at radius 3 is 2.81 bits per heavy atom. The van der Waals surface area contributed by atoms with Crippen LogP contribution in [-0.2, 0) is 6.54 Å². The van der Waals surface area contributed by atoms with E-state index < -0.39 is 0 Å². The summed E-state index contributed by atoms with van der Waals surface area (Å²) in [5, 5.41) is 5.81. The summed E-state index contributed by atoms with van der Waals surface area (Å²) >= 11 is 2.15. The molecule has 0 saturated carbocycles. The first-order valence-electron chi connectivity index (χ1n) is 4.93. The van der Waals surface area contributed by atoms with Crippen molar-refractivity contribution >= 4 is 34.9 Å². The molecule has 4 nitrogen and oxygen atoms in total. The molecule has 16 heavy (non-hydrogen) atoms. The van der Waals surface area contributed by atoms with E-state index in [-0.39, 0.29) is 5.82 Å². The van der Waals surface area contributed by atoms with Gasteiger partial charge in [0.25, 0.3) is 0 Å². The predicted molar refractivity (Wildman–Crippen MR) is 70.9 cm³/mol. The predicted octanol–water partition coefficient (Wildman–Crippen LogP) is 1.70. The number of hydrogen-bond acceptors (Lipinski definition) is 4. The lowest BCUT2D eigenvalue weighted by atomic mass is 10.2. The maximum absolute atomic E-state index is 13.7. The molecule has 1 aromatic rings. The minimum atomic E-state index is -0.276. The molecule has 0 atom stereocenters. The molecule has 6 heteroatoms. The number of nitrogens with zero attached hydrogens (tertiary/aromatic N) is 3. The molecule has 1 aromatic carbocycles. The zero-order valence-electron chi connectivity index (χ0n) is 8.61. The molecular weight excluding hydrogens is 322 g/mol. The molecule has 1 heterocycles. The topological polar surface area (TPSA) is 44.9 Å². The second-order valence-electron chi connectivity index (χ2n) is 3.47. The molecule has 0 unspecified atom stereocenters. The van der Waals surface area contributed by atoms with E-state index in [0.29, 0.717) is 18.8 Å². The summed E-state index contributed by atoms with van der Waals surface area (Å²) in [6.07, 6.45) is 1.68.